The minimum absolute atomic E-state index is 0.0730. The number of nitrogens with one attached hydrogen (secondary N) is 1. The van der Waals surface area contributed by atoms with Gasteiger partial charge < -0.3 is 19.3 Å². The first kappa shape index (κ1) is 36.2. The van der Waals surface area contributed by atoms with Gasteiger partial charge in [0.15, 0.2) is 0 Å². The lowest BCUT2D eigenvalue weighted by atomic mass is 9.82. The minimum Gasteiger partial charge on any atom is -0.475 e. The van der Waals surface area contributed by atoms with Crippen LogP contribution in [-0.2, 0) is 26.7 Å². The molecule has 0 unspecified atom stereocenters. The molecular weight excluding hydrogens is 665 g/mol. The van der Waals surface area contributed by atoms with E-state index in [1.165, 1.54) is 12.1 Å². The molecule has 1 atom stereocenters. The predicted molar refractivity (Wildman–Crippen MR) is 199 cm³/mol. The molecular formula is C39H48N6O5S. The number of anilines is 2. The van der Waals surface area contributed by atoms with Crippen LogP contribution < -0.4 is 14.4 Å². The van der Waals surface area contributed by atoms with Crippen molar-refractivity contribution < 1.29 is 22.7 Å². The second kappa shape index (κ2) is 14.2. The SMILES string of the molecule is Cc1c2nc(nc1-c1ccccc1C(C)(C)C)NS(=O)(=O)c1cccc(c1)C(=O)N(Cc1ccc(N3CCOCC3)cn1)[C@H](CC(C)(C)C)CO2. The molecule has 1 amide bonds. The molecule has 2 aromatic heterocycles. The van der Waals surface area contributed by atoms with Gasteiger partial charge >= 0.3 is 0 Å². The maximum absolute atomic E-state index is 14.5. The van der Waals surface area contributed by atoms with Crippen molar-refractivity contribution in [2.24, 2.45) is 5.41 Å². The van der Waals surface area contributed by atoms with E-state index < -0.39 is 16.1 Å². The fraction of sp³-hybridized carbons (Fsp3) is 0.436. The number of carbonyl (C=O) groups excluding carboxylic acids is 1. The number of pyridine rings is 1. The quantitative estimate of drug-likeness (QED) is 0.243. The number of morpholine rings is 1. The fourth-order valence-electron chi connectivity index (χ4n) is 6.63. The third-order valence-corrected chi connectivity index (χ3v) is 10.5. The van der Waals surface area contributed by atoms with Crippen LogP contribution in [0, 0.1) is 12.3 Å². The number of fused-ring (bicyclic) bond motifs is 4. The molecule has 4 bridgehead atoms. The maximum Gasteiger partial charge on any atom is 0.264 e. The summed E-state index contributed by atoms with van der Waals surface area (Å²) in [6.45, 7) is 17.8. The molecule has 2 aliphatic heterocycles. The number of hydrogen-bond acceptors (Lipinski definition) is 9. The lowest BCUT2D eigenvalue weighted by Crippen LogP contribution is -2.45. The van der Waals surface area contributed by atoms with Crippen molar-refractivity contribution in [1.82, 2.24) is 19.9 Å². The predicted octanol–water partition coefficient (Wildman–Crippen LogP) is 6.62. The summed E-state index contributed by atoms with van der Waals surface area (Å²) < 4.78 is 42.3. The Balaban J connectivity index is 1.47. The van der Waals surface area contributed by atoms with Crippen LogP contribution in [-0.4, -0.2) is 73.1 Å². The number of benzene rings is 2. The van der Waals surface area contributed by atoms with Crippen molar-refractivity contribution >= 4 is 27.6 Å². The zero-order chi connectivity index (χ0) is 36.6. The van der Waals surface area contributed by atoms with Gasteiger partial charge in [-0.25, -0.2) is 18.1 Å². The molecule has 0 aliphatic carbocycles. The van der Waals surface area contributed by atoms with Crippen LogP contribution in [0.25, 0.3) is 11.3 Å². The van der Waals surface area contributed by atoms with Gasteiger partial charge in [-0.1, -0.05) is 71.9 Å². The first-order chi connectivity index (χ1) is 24.1. The van der Waals surface area contributed by atoms with Crippen molar-refractivity contribution in [1.29, 1.82) is 0 Å². The van der Waals surface area contributed by atoms with Gasteiger partial charge in [0.1, 0.15) is 6.61 Å². The molecule has 0 spiro atoms. The van der Waals surface area contributed by atoms with Crippen molar-refractivity contribution in [2.75, 3.05) is 42.5 Å². The molecule has 11 nitrogen and oxygen atoms in total. The fourth-order valence-corrected chi connectivity index (χ4v) is 7.62. The van der Waals surface area contributed by atoms with Gasteiger partial charge in [-0.05, 0) is 60.1 Å². The summed E-state index contributed by atoms with van der Waals surface area (Å²) in [5.74, 6) is -0.191. The number of sulfonamides is 1. The maximum atomic E-state index is 14.5. The van der Waals surface area contributed by atoms with E-state index >= 15 is 0 Å². The Bertz CT molecular complexity index is 2000. The summed E-state index contributed by atoms with van der Waals surface area (Å²) in [5, 5.41) is 0. The summed E-state index contributed by atoms with van der Waals surface area (Å²) in [7, 11) is -4.19. The summed E-state index contributed by atoms with van der Waals surface area (Å²) in [6, 6.07) is 17.6. The minimum atomic E-state index is -4.19. The van der Waals surface area contributed by atoms with E-state index in [0.29, 0.717) is 36.6 Å². The highest BCUT2D eigenvalue weighted by Crippen LogP contribution is 2.37. The topological polar surface area (TPSA) is 127 Å². The van der Waals surface area contributed by atoms with E-state index in [1.54, 1.807) is 17.0 Å². The van der Waals surface area contributed by atoms with Gasteiger partial charge in [0.05, 0.1) is 54.0 Å². The number of hydrogen-bond donors (Lipinski definition) is 1. The molecule has 1 saturated heterocycles. The van der Waals surface area contributed by atoms with Crippen molar-refractivity contribution in [3.05, 3.63) is 89.2 Å². The number of aromatic nitrogens is 3. The van der Waals surface area contributed by atoms with Gasteiger partial charge in [0.2, 0.25) is 11.8 Å². The summed E-state index contributed by atoms with van der Waals surface area (Å²) in [6.07, 6.45) is 2.43. The summed E-state index contributed by atoms with van der Waals surface area (Å²) in [4.78, 5) is 32.6. The van der Waals surface area contributed by atoms with E-state index in [9.17, 15) is 13.2 Å². The number of rotatable bonds is 5. The van der Waals surface area contributed by atoms with Crippen LogP contribution in [0.2, 0.25) is 0 Å². The largest absolute Gasteiger partial charge is 0.475 e. The summed E-state index contributed by atoms with van der Waals surface area (Å²) >= 11 is 0. The highest BCUT2D eigenvalue weighted by Gasteiger charge is 2.32. The third-order valence-electron chi connectivity index (χ3n) is 9.19. The normalized spacial score (nSPS) is 18.2. The second-order valence-electron chi connectivity index (χ2n) is 15.5. The van der Waals surface area contributed by atoms with Gasteiger partial charge in [-0.2, -0.15) is 4.98 Å². The lowest BCUT2D eigenvalue weighted by molar-refractivity contribution is 0.0508. The van der Waals surface area contributed by atoms with Gasteiger partial charge in [0.25, 0.3) is 15.9 Å². The zero-order valence-electron chi connectivity index (χ0n) is 30.6. The van der Waals surface area contributed by atoms with Gasteiger partial charge in [-0.15, -0.1) is 0 Å². The molecule has 51 heavy (non-hydrogen) atoms. The highest BCUT2D eigenvalue weighted by atomic mass is 32.2. The van der Waals surface area contributed by atoms with E-state index in [-0.39, 0.29) is 52.2 Å². The Morgan fingerprint density at radius 1 is 0.941 bits per heavy atom. The number of carbonyl (C=O) groups is 1. The lowest BCUT2D eigenvalue weighted by Gasteiger charge is -2.36. The van der Waals surface area contributed by atoms with E-state index in [1.807, 2.05) is 43.5 Å². The Hall–Kier alpha value is -4.55. The average Bonchev–Trinajstić information content (AvgIpc) is 3.09. The highest BCUT2D eigenvalue weighted by molar-refractivity contribution is 7.92. The van der Waals surface area contributed by atoms with Crippen LogP contribution in [0.5, 0.6) is 5.88 Å². The standard InChI is InChI=1S/C39H48N6O5S/c1-26-34(32-13-8-9-14-33(32)39(5,6)7)41-37-42-35(26)50-25-30(22-38(2,3)4)45(36(46)27-11-10-12-31(21-27)51(47,48)43-37)24-28-15-16-29(23-40-28)44-17-19-49-20-18-44/h8-16,21,23,30H,17-20,22,24-25H2,1-7H3,(H,41,42,43)/t30-/m1/s1. The van der Waals surface area contributed by atoms with Crippen molar-refractivity contribution in [2.45, 2.75) is 77.8 Å². The molecule has 4 heterocycles. The number of ether oxygens (including phenoxy) is 2. The molecule has 2 aromatic carbocycles. The molecule has 1 N–H and O–H groups in total. The van der Waals surface area contributed by atoms with Crippen LogP contribution >= 0.6 is 0 Å². The molecule has 6 rings (SSSR count). The Kier molecular flexibility index (Phi) is 10.1. The number of nitrogens with zero attached hydrogens (tertiary/aromatic N) is 5. The number of amides is 1. The first-order valence-electron chi connectivity index (χ1n) is 17.4. The summed E-state index contributed by atoms with van der Waals surface area (Å²) in [5.41, 5.74) is 4.67. The Morgan fingerprint density at radius 2 is 1.69 bits per heavy atom. The van der Waals surface area contributed by atoms with Gasteiger partial charge in [-0.3, -0.25) is 9.78 Å². The molecule has 0 saturated carbocycles. The molecule has 2 aliphatic rings. The molecule has 0 radical (unpaired) electrons. The third kappa shape index (κ3) is 8.34. The molecule has 12 heteroatoms. The molecule has 270 valence electrons. The van der Waals surface area contributed by atoms with E-state index in [2.05, 4.69) is 62.2 Å². The van der Waals surface area contributed by atoms with Crippen LogP contribution in [0.3, 0.4) is 0 Å². The smallest absolute Gasteiger partial charge is 0.264 e. The van der Waals surface area contributed by atoms with Gasteiger partial charge in [0, 0.05) is 29.8 Å². The Labute approximate surface area is 301 Å². The van der Waals surface area contributed by atoms with Crippen LogP contribution in [0.4, 0.5) is 11.6 Å². The second-order valence-corrected chi connectivity index (χ2v) is 17.2. The van der Waals surface area contributed by atoms with Crippen LogP contribution in [0.1, 0.15) is 75.1 Å². The molecule has 1 fully saturated rings. The monoisotopic (exact) mass is 712 g/mol. The van der Waals surface area contributed by atoms with Crippen molar-refractivity contribution in [3.63, 3.8) is 0 Å². The molecule has 4 aromatic rings. The van der Waals surface area contributed by atoms with Crippen LogP contribution in [0.15, 0.2) is 71.8 Å². The Morgan fingerprint density at radius 3 is 2.37 bits per heavy atom. The zero-order valence-corrected chi connectivity index (χ0v) is 31.4. The van der Waals surface area contributed by atoms with Crippen molar-refractivity contribution in [3.8, 4) is 17.1 Å². The van der Waals surface area contributed by atoms with E-state index in [0.717, 1.165) is 29.9 Å². The van der Waals surface area contributed by atoms with E-state index in [4.69, 9.17) is 19.4 Å². The first-order valence-corrected chi connectivity index (χ1v) is 18.9. The average molecular weight is 713 g/mol.